The molecular formula is C19H13ClN3O3-. The summed E-state index contributed by atoms with van der Waals surface area (Å²) in [5.41, 5.74) is 1.02. The summed E-state index contributed by atoms with van der Waals surface area (Å²) in [6.07, 6.45) is 1.28. The predicted molar refractivity (Wildman–Crippen MR) is 100 cm³/mol. The Morgan fingerprint density at radius 3 is 2.00 bits per heavy atom. The maximum atomic E-state index is 12.2. The maximum Gasteiger partial charge on any atom is 0.263 e. The number of hydrogen-bond acceptors (Lipinski definition) is 5. The number of hydrazone groups is 1. The van der Waals surface area contributed by atoms with E-state index in [4.69, 9.17) is 11.6 Å². The molecule has 130 valence electrons. The smallest absolute Gasteiger partial charge is 0.263 e. The second kappa shape index (κ2) is 7.67. The average Bonchev–Trinajstić information content (AvgIpc) is 2.66. The standard InChI is InChI=1S/C19H14ClN3O3/c20-15-11-14(19(24)18(12-15)23(25)26)13-21-22(16-7-3-1-4-8-16)17-9-5-2-6-10-17/h1-13,24H/p-1/b21-13-. The van der Waals surface area contributed by atoms with Crippen LogP contribution in [0.5, 0.6) is 5.75 Å². The van der Waals surface area contributed by atoms with Gasteiger partial charge in [0.2, 0.25) is 0 Å². The molecule has 0 aliphatic carbocycles. The van der Waals surface area contributed by atoms with Crippen LogP contribution in [0.4, 0.5) is 17.1 Å². The van der Waals surface area contributed by atoms with Crippen molar-refractivity contribution in [3.63, 3.8) is 0 Å². The van der Waals surface area contributed by atoms with Gasteiger partial charge in [-0.2, -0.15) is 5.10 Å². The van der Waals surface area contributed by atoms with E-state index in [-0.39, 0.29) is 10.6 Å². The Balaban J connectivity index is 2.04. The van der Waals surface area contributed by atoms with Gasteiger partial charge in [0.1, 0.15) is 0 Å². The van der Waals surface area contributed by atoms with Gasteiger partial charge in [0.15, 0.2) is 0 Å². The largest absolute Gasteiger partial charge is 0.867 e. The average molecular weight is 367 g/mol. The molecule has 3 aromatic carbocycles. The van der Waals surface area contributed by atoms with Crippen LogP contribution in [0, 0.1) is 10.1 Å². The fourth-order valence-electron chi connectivity index (χ4n) is 2.37. The van der Waals surface area contributed by atoms with E-state index in [1.165, 1.54) is 12.3 Å². The third-order valence-electron chi connectivity index (χ3n) is 3.57. The number of hydrogen-bond donors (Lipinski definition) is 0. The van der Waals surface area contributed by atoms with Gasteiger partial charge in [-0.05, 0) is 41.6 Å². The third kappa shape index (κ3) is 3.81. The molecule has 7 heteroatoms. The van der Waals surface area contributed by atoms with Gasteiger partial charge in [-0.3, -0.25) is 10.1 Å². The first kappa shape index (κ1) is 17.4. The van der Waals surface area contributed by atoms with E-state index in [0.717, 1.165) is 17.4 Å². The van der Waals surface area contributed by atoms with Gasteiger partial charge in [-0.25, -0.2) is 5.01 Å². The first-order valence-corrected chi connectivity index (χ1v) is 8.03. The molecule has 0 bridgehead atoms. The molecule has 0 spiro atoms. The Labute approximate surface area is 154 Å². The molecule has 3 aromatic rings. The minimum Gasteiger partial charge on any atom is -0.867 e. The molecule has 0 amide bonds. The normalized spacial score (nSPS) is 10.8. The molecule has 6 nitrogen and oxygen atoms in total. The van der Waals surface area contributed by atoms with Crippen molar-refractivity contribution in [2.24, 2.45) is 5.10 Å². The van der Waals surface area contributed by atoms with Crippen molar-refractivity contribution in [3.8, 4) is 5.75 Å². The number of nitro groups is 1. The number of benzene rings is 3. The fraction of sp³-hybridized carbons (Fsp3) is 0. The van der Waals surface area contributed by atoms with E-state index in [9.17, 15) is 15.2 Å². The van der Waals surface area contributed by atoms with E-state index in [0.29, 0.717) is 0 Å². The van der Waals surface area contributed by atoms with Crippen LogP contribution in [0.15, 0.2) is 77.9 Å². The summed E-state index contributed by atoms with van der Waals surface area (Å²) in [6.45, 7) is 0. The summed E-state index contributed by atoms with van der Waals surface area (Å²) in [5.74, 6) is -0.732. The van der Waals surface area contributed by atoms with Gasteiger partial charge < -0.3 is 5.11 Å². The second-order valence-corrected chi connectivity index (χ2v) is 5.76. The summed E-state index contributed by atoms with van der Waals surface area (Å²) < 4.78 is 0. The Morgan fingerprint density at radius 2 is 1.50 bits per heavy atom. The Kier molecular flexibility index (Phi) is 5.15. The predicted octanol–water partition coefficient (Wildman–Crippen LogP) is 4.49. The van der Waals surface area contributed by atoms with Crippen LogP contribution in [-0.4, -0.2) is 11.1 Å². The van der Waals surface area contributed by atoms with E-state index >= 15 is 0 Å². The second-order valence-electron chi connectivity index (χ2n) is 5.33. The lowest BCUT2D eigenvalue weighted by atomic mass is 10.2. The molecule has 0 aromatic heterocycles. The topological polar surface area (TPSA) is 81.8 Å². The summed E-state index contributed by atoms with van der Waals surface area (Å²) in [5, 5.41) is 29.3. The Hall–Kier alpha value is -3.38. The quantitative estimate of drug-likeness (QED) is 0.378. The highest BCUT2D eigenvalue weighted by molar-refractivity contribution is 6.31. The van der Waals surface area contributed by atoms with Crippen LogP contribution in [-0.2, 0) is 0 Å². The lowest BCUT2D eigenvalue weighted by Crippen LogP contribution is -2.10. The van der Waals surface area contributed by atoms with Crippen molar-refractivity contribution in [2.75, 3.05) is 5.01 Å². The molecule has 0 fully saturated rings. The SMILES string of the molecule is O=[N+]([O-])c1cc(Cl)cc(/C=N\N(c2ccccc2)c2ccccc2)c1[O-]. The van der Waals surface area contributed by atoms with Gasteiger partial charge in [-0.15, -0.1) is 0 Å². The molecule has 26 heavy (non-hydrogen) atoms. The molecule has 0 saturated heterocycles. The lowest BCUT2D eigenvalue weighted by molar-refractivity contribution is -0.398. The number of rotatable bonds is 5. The zero-order valence-corrected chi connectivity index (χ0v) is 14.2. The van der Waals surface area contributed by atoms with Crippen molar-refractivity contribution in [1.82, 2.24) is 0 Å². The molecule has 3 rings (SSSR count). The minimum atomic E-state index is -0.752. The Bertz CT molecular complexity index is 908. The lowest BCUT2D eigenvalue weighted by Gasteiger charge is -2.19. The molecule has 0 unspecified atom stereocenters. The molecule has 0 radical (unpaired) electrons. The van der Waals surface area contributed by atoms with Crippen LogP contribution in [0.1, 0.15) is 5.56 Å². The highest BCUT2D eigenvalue weighted by Crippen LogP contribution is 2.31. The molecule has 0 atom stereocenters. The van der Waals surface area contributed by atoms with E-state index in [2.05, 4.69) is 5.10 Å². The maximum absolute atomic E-state index is 12.2. The van der Waals surface area contributed by atoms with Crippen molar-refractivity contribution in [3.05, 3.63) is 93.5 Å². The molecule has 0 aliphatic heterocycles. The molecule has 0 N–H and O–H groups in total. The van der Waals surface area contributed by atoms with Gasteiger partial charge in [0.25, 0.3) is 5.69 Å². The first-order chi connectivity index (χ1) is 12.6. The number of anilines is 2. The van der Waals surface area contributed by atoms with Gasteiger partial charge >= 0.3 is 0 Å². The summed E-state index contributed by atoms with van der Waals surface area (Å²) in [4.78, 5) is 10.2. The van der Waals surface area contributed by atoms with Crippen molar-refractivity contribution < 1.29 is 10.0 Å². The summed E-state index contributed by atoms with van der Waals surface area (Å²) in [7, 11) is 0. The molecular weight excluding hydrogens is 354 g/mol. The number of nitro benzene ring substituents is 1. The number of halogens is 1. The van der Waals surface area contributed by atoms with Gasteiger partial charge in [-0.1, -0.05) is 48.0 Å². The number of para-hydroxylation sites is 2. The van der Waals surface area contributed by atoms with Gasteiger partial charge in [0, 0.05) is 11.1 Å². The van der Waals surface area contributed by atoms with E-state index in [1.54, 1.807) is 5.01 Å². The van der Waals surface area contributed by atoms with Crippen molar-refractivity contribution in [2.45, 2.75) is 0 Å². The minimum absolute atomic E-state index is 0.0427. The van der Waals surface area contributed by atoms with Crippen molar-refractivity contribution >= 4 is 34.9 Å². The zero-order valence-electron chi connectivity index (χ0n) is 13.4. The van der Waals surface area contributed by atoms with Crippen LogP contribution in [0.2, 0.25) is 5.02 Å². The molecule has 0 aliphatic rings. The highest BCUT2D eigenvalue weighted by Gasteiger charge is 2.12. The third-order valence-corrected chi connectivity index (χ3v) is 3.79. The fourth-order valence-corrected chi connectivity index (χ4v) is 2.59. The Morgan fingerprint density at radius 1 is 0.962 bits per heavy atom. The van der Waals surface area contributed by atoms with Crippen LogP contribution in [0.25, 0.3) is 0 Å². The van der Waals surface area contributed by atoms with E-state index in [1.807, 2.05) is 60.7 Å². The van der Waals surface area contributed by atoms with Gasteiger partial charge in [0.05, 0.1) is 22.5 Å². The summed E-state index contributed by atoms with van der Waals surface area (Å²) >= 11 is 5.90. The molecule has 0 saturated carbocycles. The van der Waals surface area contributed by atoms with E-state index < -0.39 is 16.4 Å². The van der Waals surface area contributed by atoms with Crippen LogP contribution < -0.4 is 10.1 Å². The highest BCUT2D eigenvalue weighted by atomic mass is 35.5. The monoisotopic (exact) mass is 366 g/mol. The molecule has 0 heterocycles. The first-order valence-electron chi connectivity index (χ1n) is 7.65. The van der Waals surface area contributed by atoms with Crippen molar-refractivity contribution in [1.29, 1.82) is 0 Å². The zero-order chi connectivity index (χ0) is 18.5. The van der Waals surface area contributed by atoms with Crippen LogP contribution in [0.3, 0.4) is 0 Å². The number of nitrogens with zero attached hydrogens (tertiary/aromatic N) is 3. The van der Waals surface area contributed by atoms with Crippen LogP contribution >= 0.6 is 11.6 Å². The summed E-state index contributed by atoms with van der Waals surface area (Å²) in [6, 6.07) is 21.1.